The number of benzene rings is 10. The van der Waals surface area contributed by atoms with Crippen LogP contribution >= 0.6 is 11.3 Å². The molecule has 0 saturated heterocycles. The lowest BCUT2D eigenvalue weighted by atomic mass is 9.70. The smallest absolute Gasteiger partial charge is 0.0725 e. The zero-order valence-corrected chi connectivity index (χ0v) is 38.6. The Kier molecular flexibility index (Phi) is 6.96. The number of nitrogens with zero attached hydrogens (tertiary/aromatic N) is 2. The van der Waals surface area contributed by atoms with Gasteiger partial charge in [-0.2, -0.15) is 0 Å². The van der Waals surface area contributed by atoms with Crippen LogP contribution in [0.3, 0.4) is 0 Å². The van der Waals surface area contributed by atoms with Gasteiger partial charge in [0.25, 0.3) is 0 Å². The van der Waals surface area contributed by atoms with Crippen LogP contribution in [0.2, 0.25) is 0 Å². The highest BCUT2D eigenvalue weighted by molar-refractivity contribution is 7.25. The van der Waals surface area contributed by atoms with Crippen LogP contribution in [0.1, 0.15) is 59.1 Å². The van der Waals surface area contributed by atoms with Crippen molar-refractivity contribution in [2.75, 3.05) is 4.90 Å². The lowest BCUT2D eigenvalue weighted by Crippen LogP contribution is -2.26. The van der Waals surface area contributed by atoms with Gasteiger partial charge >= 0.3 is 0 Å². The Morgan fingerprint density at radius 3 is 1.77 bits per heavy atom. The number of hydrogen-bond donors (Lipinski definition) is 0. The largest absolute Gasteiger partial charge is 0.310 e. The van der Waals surface area contributed by atoms with E-state index in [2.05, 4.69) is 216 Å². The van der Waals surface area contributed by atoms with Gasteiger partial charge in [-0.3, -0.25) is 0 Å². The molecular formula is C66H42N2S. The van der Waals surface area contributed by atoms with Crippen molar-refractivity contribution in [3.05, 3.63) is 240 Å². The molecule has 0 atom stereocenters. The van der Waals surface area contributed by atoms with Crippen LogP contribution < -0.4 is 4.90 Å². The summed E-state index contributed by atoms with van der Waals surface area (Å²) < 4.78 is 5.26. The Morgan fingerprint density at radius 1 is 0.406 bits per heavy atom. The third kappa shape index (κ3) is 4.37. The van der Waals surface area contributed by atoms with Gasteiger partial charge in [0.05, 0.1) is 27.8 Å². The molecule has 3 heteroatoms. The Bertz CT molecular complexity index is 4240. The van der Waals surface area contributed by atoms with E-state index >= 15 is 0 Å². The maximum absolute atomic E-state index is 2.69. The molecule has 2 nitrogen and oxygen atoms in total. The molecule has 1 saturated carbocycles. The standard InChI is InChI=1S/C66H42N2S/c1-7-23-51-41(16-1)42-17-2-8-24-52(42)66(51)53-25-9-3-18-43(53)49-36-39(31-33-54(49)66)67(40-30-32-47-46-21-6-12-29-59(46)69-60(47)37-40)58-38-50-45-20-5-11-28-57(45)68-56-27-10-4-19-44(56)48-22-15-26-55-61(48)62(64(50)68)63(58)65(55)34-13-14-35-65/h1-12,15-33,36-38H,13-14,34-35H2. The average molecular weight is 895 g/mol. The highest BCUT2D eigenvalue weighted by Gasteiger charge is 2.53. The molecule has 0 radical (unpaired) electrons. The SMILES string of the molecule is c1ccc2c(c1)-c1cccc3c1-c1c(c(N(c4ccc5c(c4)-c4ccccc4C54c5ccccc5-c5ccccc54)c4ccc5c(c4)sc4ccccc45)cc4c5ccccc5n-2c14)C31CCCC1. The van der Waals surface area contributed by atoms with E-state index in [1.165, 1.54) is 155 Å². The fourth-order valence-corrected chi connectivity index (χ4v) is 15.9. The number of para-hydroxylation sites is 2. The lowest BCUT2D eigenvalue weighted by Gasteiger charge is -2.35. The molecule has 1 aliphatic heterocycles. The second-order valence-corrected chi connectivity index (χ2v) is 21.2. The molecule has 17 rings (SSSR count). The number of anilines is 3. The van der Waals surface area contributed by atoms with Gasteiger partial charge in [0.15, 0.2) is 0 Å². The van der Waals surface area contributed by atoms with Crippen molar-refractivity contribution < 1.29 is 0 Å². The molecule has 3 heterocycles. The minimum atomic E-state index is -0.406. The predicted molar refractivity (Wildman–Crippen MR) is 288 cm³/mol. The van der Waals surface area contributed by atoms with Crippen molar-refractivity contribution in [3.8, 4) is 50.2 Å². The Hall–Kier alpha value is -7.98. The summed E-state index contributed by atoms with van der Waals surface area (Å²) in [6, 6.07) is 79.5. The van der Waals surface area contributed by atoms with Crippen LogP contribution in [-0.4, -0.2) is 4.57 Å². The van der Waals surface area contributed by atoms with Gasteiger partial charge in [-0.25, -0.2) is 0 Å². The molecule has 0 bridgehead atoms. The van der Waals surface area contributed by atoms with Crippen molar-refractivity contribution in [1.29, 1.82) is 0 Å². The fraction of sp³-hybridized carbons (Fsp3) is 0.0909. The van der Waals surface area contributed by atoms with Crippen LogP contribution in [0.4, 0.5) is 17.1 Å². The van der Waals surface area contributed by atoms with Gasteiger partial charge < -0.3 is 9.47 Å². The van der Waals surface area contributed by atoms with E-state index < -0.39 is 5.41 Å². The zero-order valence-electron chi connectivity index (χ0n) is 37.8. The lowest BCUT2D eigenvalue weighted by molar-refractivity contribution is 0.551. The fourth-order valence-electron chi connectivity index (χ4n) is 14.7. The molecule has 322 valence electrons. The first-order chi connectivity index (χ1) is 34.2. The van der Waals surface area contributed by atoms with Gasteiger partial charge in [-0.15, -0.1) is 11.3 Å². The Balaban J connectivity index is 1.02. The first-order valence-corrected chi connectivity index (χ1v) is 25.5. The van der Waals surface area contributed by atoms with Crippen molar-refractivity contribution in [1.82, 2.24) is 4.57 Å². The van der Waals surface area contributed by atoms with Crippen LogP contribution in [0.5, 0.6) is 0 Å². The maximum Gasteiger partial charge on any atom is 0.0725 e. The maximum atomic E-state index is 2.69. The molecule has 0 unspecified atom stereocenters. The summed E-state index contributed by atoms with van der Waals surface area (Å²) >= 11 is 1.91. The number of thiophene rings is 1. The number of rotatable bonds is 3. The predicted octanol–water partition coefficient (Wildman–Crippen LogP) is 17.8. The molecule has 12 aromatic rings. The van der Waals surface area contributed by atoms with Crippen LogP contribution in [-0.2, 0) is 10.8 Å². The minimum absolute atomic E-state index is 0.123. The third-order valence-corrected chi connectivity index (χ3v) is 18.4. The molecule has 2 aromatic heterocycles. The summed E-state index contributed by atoms with van der Waals surface area (Å²) in [5, 5.41) is 5.25. The van der Waals surface area contributed by atoms with E-state index in [-0.39, 0.29) is 5.41 Å². The summed E-state index contributed by atoms with van der Waals surface area (Å²) in [6.45, 7) is 0. The van der Waals surface area contributed by atoms with Gasteiger partial charge in [0, 0.05) is 58.9 Å². The first-order valence-electron chi connectivity index (χ1n) is 24.7. The summed E-state index contributed by atoms with van der Waals surface area (Å²) in [6.07, 6.45) is 4.71. The molecule has 0 amide bonds. The summed E-state index contributed by atoms with van der Waals surface area (Å²) in [7, 11) is 0. The normalized spacial score (nSPS) is 15.5. The first kappa shape index (κ1) is 37.1. The highest BCUT2D eigenvalue weighted by atomic mass is 32.1. The third-order valence-electron chi connectivity index (χ3n) is 17.2. The molecule has 10 aromatic carbocycles. The van der Waals surface area contributed by atoms with E-state index in [1.807, 2.05) is 11.3 Å². The van der Waals surface area contributed by atoms with Gasteiger partial charge in [-0.05, 0) is 128 Å². The zero-order chi connectivity index (χ0) is 44.7. The van der Waals surface area contributed by atoms with E-state index in [0.29, 0.717) is 0 Å². The Labute approximate surface area is 404 Å². The Morgan fingerprint density at radius 2 is 0.986 bits per heavy atom. The molecule has 0 N–H and O–H groups in total. The van der Waals surface area contributed by atoms with Gasteiger partial charge in [0.1, 0.15) is 0 Å². The number of aromatic nitrogens is 1. The van der Waals surface area contributed by atoms with E-state index in [1.54, 1.807) is 0 Å². The number of hydrogen-bond acceptors (Lipinski definition) is 2. The van der Waals surface area contributed by atoms with Crippen molar-refractivity contribution in [2.24, 2.45) is 0 Å². The summed E-state index contributed by atoms with van der Waals surface area (Å²) in [4.78, 5) is 2.69. The van der Waals surface area contributed by atoms with E-state index in [9.17, 15) is 0 Å². The molecule has 4 aliphatic carbocycles. The second kappa shape index (κ2) is 13.0. The van der Waals surface area contributed by atoms with Crippen LogP contribution in [0.15, 0.2) is 206 Å². The van der Waals surface area contributed by atoms with Crippen molar-refractivity contribution >= 4 is 70.4 Å². The van der Waals surface area contributed by atoms with Gasteiger partial charge in [0.2, 0.25) is 0 Å². The van der Waals surface area contributed by atoms with Crippen LogP contribution in [0.25, 0.3) is 92.2 Å². The van der Waals surface area contributed by atoms with E-state index in [4.69, 9.17) is 0 Å². The highest BCUT2D eigenvalue weighted by Crippen LogP contribution is 2.67. The number of fused-ring (bicyclic) bond motifs is 21. The quantitative estimate of drug-likeness (QED) is 0.172. The summed E-state index contributed by atoms with van der Waals surface area (Å²) in [5.41, 5.74) is 26.4. The van der Waals surface area contributed by atoms with Gasteiger partial charge in [-0.1, -0.05) is 171 Å². The summed E-state index contributed by atoms with van der Waals surface area (Å²) in [5.74, 6) is 0. The second-order valence-electron chi connectivity index (χ2n) is 20.2. The monoisotopic (exact) mass is 894 g/mol. The topological polar surface area (TPSA) is 8.17 Å². The van der Waals surface area contributed by atoms with Crippen molar-refractivity contribution in [2.45, 2.75) is 36.5 Å². The minimum Gasteiger partial charge on any atom is -0.310 e. The van der Waals surface area contributed by atoms with Crippen molar-refractivity contribution in [3.63, 3.8) is 0 Å². The molecular weight excluding hydrogens is 853 g/mol. The molecule has 2 spiro atoms. The molecule has 5 aliphatic rings. The molecule has 1 fully saturated rings. The van der Waals surface area contributed by atoms with E-state index in [0.717, 1.165) is 12.8 Å². The van der Waals surface area contributed by atoms with Crippen LogP contribution in [0, 0.1) is 0 Å². The molecule has 69 heavy (non-hydrogen) atoms. The average Bonchev–Trinajstić information content (AvgIpc) is 4.26.